The molecule has 0 N–H and O–H groups in total. The highest BCUT2D eigenvalue weighted by atomic mass is 16.2. The zero-order chi connectivity index (χ0) is 16.8. The van der Waals surface area contributed by atoms with Crippen molar-refractivity contribution in [3.05, 3.63) is 47.2 Å². The molecular formula is C17H20N6O. The van der Waals surface area contributed by atoms with E-state index in [0.29, 0.717) is 5.56 Å². The molecule has 1 fully saturated rings. The number of carbonyl (C=O) groups is 1. The number of likely N-dealkylation sites (tertiary alicyclic amines) is 1. The summed E-state index contributed by atoms with van der Waals surface area (Å²) < 4.78 is 3.67. The van der Waals surface area contributed by atoms with Gasteiger partial charge < -0.3 is 4.90 Å². The second-order valence-corrected chi connectivity index (χ2v) is 6.38. The maximum atomic E-state index is 13.1. The van der Waals surface area contributed by atoms with Crippen LogP contribution in [0.4, 0.5) is 0 Å². The average Bonchev–Trinajstić information content (AvgIpc) is 3.26. The van der Waals surface area contributed by atoms with Gasteiger partial charge in [0.05, 0.1) is 17.3 Å². The zero-order valence-corrected chi connectivity index (χ0v) is 14.1. The SMILES string of the molecule is Cc1nn(C)c(C)c1[C@@H]1CCCN1C(=O)c1ccc2nncn2c1. The molecule has 4 heterocycles. The van der Waals surface area contributed by atoms with Gasteiger partial charge in [-0.05, 0) is 38.8 Å². The molecule has 7 nitrogen and oxygen atoms in total. The molecule has 1 amide bonds. The number of amides is 1. The monoisotopic (exact) mass is 324 g/mol. The molecule has 24 heavy (non-hydrogen) atoms. The highest BCUT2D eigenvalue weighted by molar-refractivity contribution is 5.94. The van der Waals surface area contributed by atoms with Gasteiger partial charge in [0.2, 0.25) is 0 Å². The molecule has 0 aromatic carbocycles. The van der Waals surface area contributed by atoms with Crippen molar-refractivity contribution < 1.29 is 4.79 Å². The first-order valence-electron chi connectivity index (χ1n) is 8.16. The zero-order valence-electron chi connectivity index (χ0n) is 14.1. The fourth-order valence-electron chi connectivity index (χ4n) is 3.70. The minimum absolute atomic E-state index is 0.0516. The molecular weight excluding hydrogens is 304 g/mol. The second kappa shape index (κ2) is 5.43. The molecule has 0 saturated carbocycles. The first kappa shape index (κ1) is 14.9. The second-order valence-electron chi connectivity index (χ2n) is 6.38. The summed E-state index contributed by atoms with van der Waals surface area (Å²) in [6, 6.07) is 3.75. The van der Waals surface area contributed by atoms with Crippen LogP contribution in [0, 0.1) is 13.8 Å². The highest BCUT2D eigenvalue weighted by Gasteiger charge is 2.34. The quantitative estimate of drug-likeness (QED) is 0.723. The Labute approximate surface area is 139 Å². The van der Waals surface area contributed by atoms with Gasteiger partial charge in [-0.25, -0.2) is 0 Å². The number of aromatic nitrogens is 5. The predicted molar refractivity (Wildman–Crippen MR) is 88.7 cm³/mol. The van der Waals surface area contributed by atoms with Crippen LogP contribution in [0.15, 0.2) is 24.7 Å². The summed E-state index contributed by atoms with van der Waals surface area (Å²) in [6.45, 7) is 4.86. The van der Waals surface area contributed by atoms with Crippen LogP contribution in [-0.4, -0.2) is 41.7 Å². The van der Waals surface area contributed by atoms with Crippen molar-refractivity contribution in [1.29, 1.82) is 0 Å². The molecule has 0 unspecified atom stereocenters. The number of fused-ring (bicyclic) bond motifs is 1. The summed E-state index contributed by atoms with van der Waals surface area (Å²) >= 11 is 0. The molecule has 3 aromatic rings. The van der Waals surface area contributed by atoms with Crippen LogP contribution in [0.5, 0.6) is 0 Å². The molecule has 0 spiro atoms. The van der Waals surface area contributed by atoms with E-state index in [1.165, 1.54) is 5.56 Å². The number of pyridine rings is 1. The number of hydrogen-bond donors (Lipinski definition) is 0. The lowest BCUT2D eigenvalue weighted by molar-refractivity contribution is 0.0734. The summed E-state index contributed by atoms with van der Waals surface area (Å²) in [5.74, 6) is 0.0516. The van der Waals surface area contributed by atoms with Crippen LogP contribution in [0.25, 0.3) is 5.65 Å². The minimum Gasteiger partial charge on any atom is -0.331 e. The first-order valence-corrected chi connectivity index (χ1v) is 8.16. The topological polar surface area (TPSA) is 68.3 Å². The Hall–Kier alpha value is -2.70. The Morgan fingerprint density at radius 2 is 2.12 bits per heavy atom. The van der Waals surface area contributed by atoms with Gasteiger partial charge >= 0.3 is 0 Å². The largest absolute Gasteiger partial charge is 0.331 e. The minimum atomic E-state index is 0.0516. The Balaban J connectivity index is 1.70. The Bertz CT molecular complexity index is 924. The third-order valence-corrected chi connectivity index (χ3v) is 4.95. The van der Waals surface area contributed by atoms with Crippen molar-refractivity contribution in [2.24, 2.45) is 7.05 Å². The standard InChI is InChI=1S/C17H20N6O/c1-11-16(12(2)21(3)20-11)14-5-4-8-23(14)17(24)13-6-7-15-19-18-10-22(15)9-13/h6-7,9-10,14H,4-5,8H2,1-3H3/t14-/m0/s1. The van der Waals surface area contributed by atoms with Crippen LogP contribution < -0.4 is 0 Å². The molecule has 1 saturated heterocycles. The van der Waals surface area contributed by atoms with Gasteiger partial charge in [-0.15, -0.1) is 10.2 Å². The first-order chi connectivity index (χ1) is 11.6. The lowest BCUT2D eigenvalue weighted by atomic mass is 10.0. The summed E-state index contributed by atoms with van der Waals surface area (Å²) in [4.78, 5) is 15.0. The van der Waals surface area contributed by atoms with Gasteiger partial charge in [-0.3, -0.25) is 13.9 Å². The van der Waals surface area contributed by atoms with Crippen LogP contribution >= 0.6 is 0 Å². The van der Waals surface area contributed by atoms with Crippen LogP contribution in [0.1, 0.15) is 46.2 Å². The van der Waals surface area contributed by atoms with E-state index in [-0.39, 0.29) is 11.9 Å². The molecule has 1 aliphatic heterocycles. The van der Waals surface area contributed by atoms with E-state index in [1.54, 1.807) is 16.9 Å². The molecule has 1 atom stereocenters. The van der Waals surface area contributed by atoms with Gasteiger partial charge in [0, 0.05) is 31.0 Å². The average molecular weight is 324 g/mol. The van der Waals surface area contributed by atoms with E-state index in [4.69, 9.17) is 0 Å². The van der Waals surface area contributed by atoms with Crippen molar-refractivity contribution >= 4 is 11.6 Å². The van der Waals surface area contributed by atoms with E-state index < -0.39 is 0 Å². The van der Waals surface area contributed by atoms with Gasteiger partial charge in [-0.1, -0.05) is 0 Å². The van der Waals surface area contributed by atoms with Crippen LogP contribution in [-0.2, 0) is 7.05 Å². The van der Waals surface area contributed by atoms with Crippen LogP contribution in [0.2, 0.25) is 0 Å². The molecule has 3 aromatic heterocycles. The molecule has 0 bridgehead atoms. The lowest BCUT2D eigenvalue weighted by Gasteiger charge is -2.25. The molecule has 4 rings (SSSR count). The number of nitrogens with zero attached hydrogens (tertiary/aromatic N) is 6. The van der Waals surface area contributed by atoms with E-state index in [0.717, 1.165) is 36.4 Å². The van der Waals surface area contributed by atoms with Crippen LogP contribution in [0.3, 0.4) is 0 Å². The highest BCUT2D eigenvalue weighted by Crippen LogP contribution is 2.36. The third kappa shape index (κ3) is 2.19. The third-order valence-electron chi connectivity index (χ3n) is 4.95. The van der Waals surface area contributed by atoms with Crippen molar-refractivity contribution in [1.82, 2.24) is 29.3 Å². The maximum Gasteiger partial charge on any atom is 0.255 e. The Morgan fingerprint density at radius 3 is 2.88 bits per heavy atom. The van der Waals surface area contributed by atoms with Crippen molar-refractivity contribution in [2.75, 3.05) is 6.54 Å². The van der Waals surface area contributed by atoms with E-state index in [1.807, 2.05) is 35.7 Å². The van der Waals surface area contributed by atoms with Gasteiger partial charge in [0.1, 0.15) is 6.33 Å². The summed E-state index contributed by atoms with van der Waals surface area (Å²) in [7, 11) is 1.95. The molecule has 0 radical (unpaired) electrons. The van der Waals surface area contributed by atoms with Gasteiger partial charge in [-0.2, -0.15) is 5.10 Å². The summed E-state index contributed by atoms with van der Waals surface area (Å²) in [6.07, 6.45) is 5.41. The molecule has 1 aliphatic rings. The van der Waals surface area contributed by atoms with E-state index in [2.05, 4.69) is 22.2 Å². The van der Waals surface area contributed by atoms with Crippen molar-refractivity contribution in [2.45, 2.75) is 32.7 Å². The fraction of sp³-hybridized carbons (Fsp3) is 0.412. The van der Waals surface area contributed by atoms with Gasteiger partial charge in [0.25, 0.3) is 5.91 Å². The number of carbonyl (C=O) groups excluding carboxylic acids is 1. The smallest absolute Gasteiger partial charge is 0.255 e. The summed E-state index contributed by atoms with van der Waals surface area (Å²) in [5, 5.41) is 12.4. The number of aryl methyl sites for hydroxylation is 2. The summed E-state index contributed by atoms with van der Waals surface area (Å²) in [5.41, 5.74) is 4.73. The predicted octanol–water partition coefficient (Wildman–Crippen LogP) is 2.06. The molecule has 0 aliphatic carbocycles. The lowest BCUT2D eigenvalue weighted by Crippen LogP contribution is -2.31. The van der Waals surface area contributed by atoms with Crippen molar-refractivity contribution in [3.8, 4) is 0 Å². The number of hydrogen-bond acceptors (Lipinski definition) is 4. The van der Waals surface area contributed by atoms with Gasteiger partial charge in [0.15, 0.2) is 5.65 Å². The molecule has 124 valence electrons. The maximum absolute atomic E-state index is 13.1. The fourth-order valence-corrected chi connectivity index (χ4v) is 3.70. The number of rotatable bonds is 2. The molecule has 7 heteroatoms. The Morgan fingerprint density at radius 1 is 1.29 bits per heavy atom. The Kier molecular flexibility index (Phi) is 3.37. The van der Waals surface area contributed by atoms with Crippen molar-refractivity contribution in [3.63, 3.8) is 0 Å². The van der Waals surface area contributed by atoms with E-state index in [9.17, 15) is 4.79 Å². The normalized spacial score (nSPS) is 17.8. The van der Waals surface area contributed by atoms with E-state index >= 15 is 0 Å².